The third-order valence-corrected chi connectivity index (χ3v) is 4.20. The van der Waals surface area contributed by atoms with E-state index >= 15 is 0 Å². The van der Waals surface area contributed by atoms with Crippen molar-refractivity contribution >= 4 is 0 Å². The summed E-state index contributed by atoms with van der Waals surface area (Å²) in [4.78, 5) is 0. The first-order valence-corrected chi connectivity index (χ1v) is 7.13. The molecule has 0 spiro atoms. The Morgan fingerprint density at radius 3 is 2.89 bits per heavy atom. The minimum absolute atomic E-state index is 0.135. The highest BCUT2D eigenvalue weighted by Gasteiger charge is 2.23. The van der Waals surface area contributed by atoms with Crippen molar-refractivity contribution in [2.24, 2.45) is 11.8 Å². The zero-order valence-electron chi connectivity index (χ0n) is 11.5. The molecule has 3 unspecified atom stereocenters. The highest BCUT2D eigenvalue weighted by Crippen LogP contribution is 2.30. The fourth-order valence-corrected chi connectivity index (χ4v) is 2.97. The van der Waals surface area contributed by atoms with Crippen LogP contribution >= 0.6 is 0 Å². The van der Waals surface area contributed by atoms with Crippen molar-refractivity contribution < 1.29 is 4.39 Å². The van der Waals surface area contributed by atoms with Gasteiger partial charge in [-0.05, 0) is 55.8 Å². The number of halogens is 1. The zero-order valence-corrected chi connectivity index (χ0v) is 11.5. The van der Waals surface area contributed by atoms with Crippen molar-refractivity contribution in [1.29, 1.82) is 0 Å². The molecule has 1 aliphatic carbocycles. The minimum Gasteiger partial charge on any atom is -0.314 e. The van der Waals surface area contributed by atoms with E-state index in [0.717, 1.165) is 30.4 Å². The Bertz CT molecular complexity index is 377. The molecule has 2 heteroatoms. The molecule has 1 aromatic rings. The lowest BCUT2D eigenvalue weighted by atomic mass is 9.97. The second-order valence-corrected chi connectivity index (χ2v) is 5.81. The fourth-order valence-electron chi connectivity index (χ4n) is 2.97. The molecule has 0 saturated heterocycles. The fraction of sp³-hybridized carbons (Fsp3) is 0.625. The molecule has 1 N–H and O–H groups in total. The molecule has 2 rings (SSSR count). The van der Waals surface area contributed by atoms with Gasteiger partial charge in [-0.25, -0.2) is 4.39 Å². The van der Waals surface area contributed by atoms with Gasteiger partial charge in [-0.2, -0.15) is 0 Å². The smallest absolute Gasteiger partial charge is 0.123 e. The maximum atomic E-state index is 13.1. The van der Waals surface area contributed by atoms with E-state index in [1.165, 1.54) is 25.3 Å². The summed E-state index contributed by atoms with van der Waals surface area (Å²) in [5.41, 5.74) is 1.08. The Kier molecular flexibility index (Phi) is 4.76. The van der Waals surface area contributed by atoms with Gasteiger partial charge in [-0.15, -0.1) is 0 Å². The average Bonchev–Trinajstić information content (AvgIpc) is 2.72. The van der Waals surface area contributed by atoms with Crippen molar-refractivity contribution in [2.45, 2.75) is 45.6 Å². The highest BCUT2D eigenvalue weighted by molar-refractivity contribution is 5.17. The van der Waals surface area contributed by atoms with Crippen molar-refractivity contribution in [3.05, 3.63) is 35.6 Å². The third-order valence-electron chi connectivity index (χ3n) is 4.20. The molecule has 18 heavy (non-hydrogen) atoms. The van der Waals surface area contributed by atoms with Crippen molar-refractivity contribution in [3.63, 3.8) is 0 Å². The maximum absolute atomic E-state index is 13.1. The lowest BCUT2D eigenvalue weighted by molar-refractivity contribution is 0.371. The molecule has 1 aliphatic rings. The number of hydrogen-bond donors (Lipinski definition) is 1. The van der Waals surface area contributed by atoms with Gasteiger partial charge in [0.15, 0.2) is 0 Å². The van der Waals surface area contributed by atoms with Gasteiger partial charge in [0.1, 0.15) is 5.82 Å². The number of rotatable bonds is 5. The summed E-state index contributed by atoms with van der Waals surface area (Å²) in [5.74, 6) is 1.56. The summed E-state index contributed by atoms with van der Waals surface area (Å²) >= 11 is 0. The standard InChI is InChI=1S/C16H24FN/c1-12-5-3-7-15(12)11-18-13(2)9-14-6-4-8-16(17)10-14/h4,6,8,10,12-13,15,18H,3,5,7,9,11H2,1-2H3. The zero-order chi connectivity index (χ0) is 13.0. The largest absolute Gasteiger partial charge is 0.314 e. The molecule has 3 atom stereocenters. The van der Waals surface area contributed by atoms with Gasteiger partial charge >= 0.3 is 0 Å². The van der Waals surface area contributed by atoms with Gasteiger partial charge in [-0.3, -0.25) is 0 Å². The van der Waals surface area contributed by atoms with E-state index in [1.807, 2.05) is 6.07 Å². The van der Waals surface area contributed by atoms with Crippen LogP contribution in [0.4, 0.5) is 4.39 Å². The summed E-state index contributed by atoms with van der Waals surface area (Å²) in [5, 5.41) is 3.60. The maximum Gasteiger partial charge on any atom is 0.123 e. The predicted molar refractivity (Wildman–Crippen MR) is 74.1 cm³/mol. The van der Waals surface area contributed by atoms with Crippen molar-refractivity contribution in [1.82, 2.24) is 5.32 Å². The Morgan fingerprint density at radius 2 is 2.22 bits per heavy atom. The van der Waals surface area contributed by atoms with Crippen LogP contribution in [0.2, 0.25) is 0 Å². The SMILES string of the molecule is CC(Cc1cccc(F)c1)NCC1CCCC1C. The molecule has 0 aliphatic heterocycles. The van der Waals surface area contributed by atoms with Gasteiger partial charge in [-0.1, -0.05) is 31.9 Å². The average molecular weight is 249 g/mol. The molecular formula is C16H24FN. The van der Waals surface area contributed by atoms with Crippen LogP contribution in [0.1, 0.15) is 38.7 Å². The molecular weight excluding hydrogens is 225 g/mol. The molecule has 0 radical (unpaired) electrons. The Labute approximate surface area is 110 Å². The van der Waals surface area contributed by atoms with Gasteiger partial charge in [0.2, 0.25) is 0 Å². The summed E-state index contributed by atoms with van der Waals surface area (Å²) in [6, 6.07) is 7.34. The van der Waals surface area contributed by atoms with E-state index in [1.54, 1.807) is 12.1 Å². The number of benzene rings is 1. The summed E-state index contributed by atoms with van der Waals surface area (Å²) in [6.07, 6.45) is 5.02. The normalized spacial score (nSPS) is 25.3. The number of hydrogen-bond acceptors (Lipinski definition) is 1. The van der Waals surface area contributed by atoms with Gasteiger partial charge in [0.05, 0.1) is 0 Å². The van der Waals surface area contributed by atoms with E-state index in [0.29, 0.717) is 6.04 Å². The quantitative estimate of drug-likeness (QED) is 0.837. The van der Waals surface area contributed by atoms with Crippen LogP contribution in [-0.2, 0) is 6.42 Å². The molecule has 1 saturated carbocycles. The van der Waals surface area contributed by atoms with E-state index in [-0.39, 0.29) is 5.82 Å². The Hall–Kier alpha value is -0.890. The lowest BCUT2D eigenvalue weighted by Crippen LogP contribution is -2.33. The summed E-state index contributed by atoms with van der Waals surface area (Å²) in [6.45, 7) is 5.65. The van der Waals surface area contributed by atoms with Crippen LogP contribution in [-0.4, -0.2) is 12.6 Å². The molecule has 100 valence electrons. The summed E-state index contributed by atoms with van der Waals surface area (Å²) < 4.78 is 13.1. The van der Waals surface area contributed by atoms with Crippen molar-refractivity contribution in [3.8, 4) is 0 Å². The Morgan fingerprint density at radius 1 is 1.39 bits per heavy atom. The molecule has 0 bridgehead atoms. The first kappa shape index (κ1) is 13.5. The Balaban J connectivity index is 1.76. The van der Waals surface area contributed by atoms with E-state index in [9.17, 15) is 4.39 Å². The second-order valence-electron chi connectivity index (χ2n) is 5.81. The highest BCUT2D eigenvalue weighted by atomic mass is 19.1. The molecule has 1 aromatic carbocycles. The molecule has 0 aromatic heterocycles. The molecule has 1 nitrogen and oxygen atoms in total. The second kappa shape index (κ2) is 6.33. The van der Waals surface area contributed by atoms with Crippen LogP contribution in [0.15, 0.2) is 24.3 Å². The molecule has 0 amide bonds. The number of nitrogens with one attached hydrogen (secondary N) is 1. The van der Waals surface area contributed by atoms with Crippen LogP contribution in [0.25, 0.3) is 0 Å². The van der Waals surface area contributed by atoms with E-state index < -0.39 is 0 Å². The lowest BCUT2D eigenvalue weighted by Gasteiger charge is -2.20. The topological polar surface area (TPSA) is 12.0 Å². The van der Waals surface area contributed by atoms with E-state index in [2.05, 4.69) is 19.2 Å². The van der Waals surface area contributed by atoms with Crippen LogP contribution in [0.5, 0.6) is 0 Å². The van der Waals surface area contributed by atoms with Crippen molar-refractivity contribution in [2.75, 3.05) is 6.54 Å². The minimum atomic E-state index is -0.135. The third kappa shape index (κ3) is 3.81. The van der Waals surface area contributed by atoms with Crippen LogP contribution < -0.4 is 5.32 Å². The first-order chi connectivity index (χ1) is 8.65. The van der Waals surface area contributed by atoms with Gasteiger partial charge in [0, 0.05) is 6.04 Å². The van der Waals surface area contributed by atoms with Crippen LogP contribution in [0, 0.1) is 17.7 Å². The molecule has 1 fully saturated rings. The first-order valence-electron chi connectivity index (χ1n) is 7.13. The predicted octanol–water partition coefficient (Wildman–Crippen LogP) is 3.78. The van der Waals surface area contributed by atoms with Gasteiger partial charge in [0.25, 0.3) is 0 Å². The summed E-state index contributed by atoms with van der Waals surface area (Å²) in [7, 11) is 0. The van der Waals surface area contributed by atoms with E-state index in [4.69, 9.17) is 0 Å². The molecule has 0 heterocycles. The van der Waals surface area contributed by atoms with Crippen LogP contribution in [0.3, 0.4) is 0 Å². The monoisotopic (exact) mass is 249 g/mol. The van der Waals surface area contributed by atoms with Gasteiger partial charge < -0.3 is 5.32 Å².